The van der Waals surface area contributed by atoms with Crippen molar-refractivity contribution >= 4 is 0 Å². The van der Waals surface area contributed by atoms with Crippen LogP contribution in [0.5, 0.6) is 0 Å². The number of H-pyrrole nitrogens is 1. The standard InChI is InChI=1S/C22H40N2/c1-3-4-5-6-7-8-9-10-11-12-15-22(24-18-17-23-20-24)16-13-14-21(2)19-22/h17-18,20-21H,3-16,19H2,1-2H3/p+1. The zero-order valence-electron chi connectivity index (χ0n) is 16.4. The van der Waals surface area contributed by atoms with Gasteiger partial charge < -0.3 is 0 Å². The molecule has 1 aromatic rings. The molecule has 1 fully saturated rings. The summed E-state index contributed by atoms with van der Waals surface area (Å²) in [5, 5.41) is 0. The van der Waals surface area contributed by atoms with Crippen LogP contribution in [-0.2, 0) is 5.54 Å². The van der Waals surface area contributed by atoms with E-state index in [2.05, 4.69) is 42.1 Å². The van der Waals surface area contributed by atoms with Gasteiger partial charge in [0.1, 0.15) is 17.9 Å². The minimum absolute atomic E-state index is 0.401. The molecule has 1 heterocycles. The van der Waals surface area contributed by atoms with E-state index in [1.807, 2.05) is 0 Å². The fourth-order valence-electron chi connectivity index (χ4n) is 4.75. The summed E-state index contributed by atoms with van der Waals surface area (Å²) in [6, 6.07) is 0. The van der Waals surface area contributed by atoms with Gasteiger partial charge in [0, 0.05) is 0 Å². The fourth-order valence-corrected chi connectivity index (χ4v) is 4.75. The van der Waals surface area contributed by atoms with Crippen molar-refractivity contribution in [2.75, 3.05) is 0 Å². The molecule has 0 aliphatic heterocycles. The lowest BCUT2D eigenvalue weighted by Gasteiger charge is -2.37. The number of nitrogens with one attached hydrogen (secondary N) is 1. The molecule has 2 heteroatoms. The quantitative estimate of drug-likeness (QED) is 0.332. The lowest BCUT2D eigenvalue weighted by Crippen LogP contribution is -2.57. The molecule has 2 rings (SSSR count). The fraction of sp³-hybridized carbons (Fsp3) is 0.864. The largest absolute Gasteiger partial charge is 0.250 e. The third-order valence-corrected chi connectivity index (χ3v) is 6.16. The first-order valence-corrected chi connectivity index (χ1v) is 10.8. The molecule has 0 bridgehead atoms. The average molecular weight is 334 g/mol. The Bertz CT molecular complexity index is 412. The van der Waals surface area contributed by atoms with Crippen molar-refractivity contribution in [2.24, 2.45) is 5.92 Å². The van der Waals surface area contributed by atoms with Crippen molar-refractivity contribution < 1.29 is 4.57 Å². The lowest BCUT2D eigenvalue weighted by atomic mass is 9.73. The van der Waals surface area contributed by atoms with Gasteiger partial charge in [-0.1, -0.05) is 78.1 Å². The number of unbranched alkanes of at least 4 members (excludes halogenated alkanes) is 9. The van der Waals surface area contributed by atoms with Crippen LogP contribution in [0, 0.1) is 5.92 Å². The topological polar surface area (TPSA) is 19.7 Å². The molecule has 2 unspecified atom stereocenters. The van der Waals surface area contributed by atoms with Gasteiger partial charge in [0.25, 0.3) is 0 Å². The Balaban J connectivity index is 1.63. The first-order valence-electron chi connectivity index (χ1n) is 10.8. The predicted molar refractivity (Wildman–Crippen MR) is 103 cm³/mol. The van der Waals surface area contributed by atoms with Gasteiger partial charge in [-0.25, -0.2) is 4.57 Å². The van der Waals surface area contributed by atoms with E-state index >= 15 is 0 Å². The van der Waals surface area contributed by atoms with E-state index in [0.29, 0.717) is 5.54 Å². The molecule has 138 valence electrons. The van der Waals surface area contributed by atoms with Crippen LogP contribution in [0.3, 0.4) is 0 Å². The van der Waals surface area contributed by atoms with E-state index in [1.165, 1.54) is 96.3 Å². The minimum Gasteiger partial charge on any atom is -0.250 e. The molecule has 1 aromatic heterocycles. The van der Waals surface area contributed by atoms with Crippen LogP contribution in [-0.4, -0.2) is 4.98 Å². The first kappa shape index (κ1) is 19.5. The molecule has 0 aromatic carbocycles. The van der Waals surface area contributed by atoms with Crippen LogP contribution in [0.4, 0.5) is 0 Å². The van der Waals surface area contributed by atoms with E-state index in [4.69, 9.17) is 0 Å². The van der Waals surface area contributed by atoms with Gasteiger partial charge in [-0.2, -0.15) is 0 Å². The number of imidazole rings is 1. The van der Waals surface area contributed by atoms with Crippen LogP contribution in [0.2, 0.25) is 0 Å². The van der Waals surface area contributed by atoms with Crippen LogP contribution in [0.25, 0.3) is 0 Å². The van der Waals surface area contributed by atoms with Crippen molar-refractivity contribution in [2.45, 2.75) is 116 Å². The Morgan fingerprint density at radius 1 is 1.00 bits per heavy atom. The molecular formula is C22H41N2+. The van der Waals surface area contributed by atoms with E-state index < -0.39 is 0 Å². The maximum Gasteiger partial charge on any atom is 0.241 e. The van der Waals surface area contributed by atoms with Crippen molar-refractivity contribution in [1.82, 2.24) is 4.98 Å². The average Bonchev–Trinajstić information content (AvgIpc) is 3.12. The highest BCUT2D eigenvalue weighted by Gasteiger charge is 2.39. The number of aromatic nitrogens is 2. The molecule has 0 radical (unpaired) electrons. The molecule has 2 nitrogen and oxygen atoms in total. The summed E-state index contributed by atoms with van der Waals surface area (Å²) in [6.07, 6.45) is 27.8. The summed E-state index contributed by atoms with van der Waals surface area (Å²) in [4.78, 5) is 3.27. The highest BCUT2D eigenvalue weighted by Crippen LogP contribution is 2.38. The van der Waals surface area contributed by atoms with Gasteiger partial charge in [-0.05, 0) is 38.0 Å². The third kappa shape index (κ3) is 6.26. The van der Waals surface area contributed by atoms with Gasteiger partial charge >= 0.3 is 0 Å². The van der Waals surface area contributed by atoms with Gasteiger partial charge in [0.2, 0.25) is 6.33 Å². The summed E-state index contributed by atoms with van der Waals surface area (Å²) < 4.78 is 2.50. The highest BCUT2D eigenvalue weighted by molar-refractivity contribution is 4.82. The summed E-state index contributed by atoms with van der Waals surface area (Å²) >= 11 is 0. The Morgan fingerprint density at radius 2 is 1.67 bits per heavy atom. The van der Waals surface area contributed by atoms with Crippen LogP contribution in [0.15, 0.2) is 18.7 Å². The maximum atomic E-state index is 3.27. The molecule has 2 atom stereocenters. The molecule has 24 heavy (non-hydrogen) atoms. The monoisotopic (exact) mass is 333 g/mol. The Labute approximate surface area is 150 Å². The molecule has 1 saturated carbocycles. The van der Waals surface area contributed by atoms with Crippen molar-refractivity contribution in [3.05, 3.63) is 18.7 Å². The molecular weight excluding hydrogens is 292 g/mol. The molecule has 0 saturated heterocycles. The third-order valence-electron chi connectivity index (χ3n) is 6.16. The van der Waals surface area contributed by atoms with E-state index in [0.717, 1.165) is 5.92 Å². The summed E-state index contributed by atoms with van der Waals surface area (Å²) in [7, 11) is 0. The number of hydrogen-bond donors (Lipinski definition) is 1. The van der Waals surface area contributed by atoms with Crippen LogP contribution >= 0.6 is 0 Å². The van der Waals surface area contributed by atoms with Crippen molar-refractivity contribution in [3.63, 3.8) is 0 Å². The maximum absolute atomic E-state index is 3.27. The van der Waals surface area contributed by atoms with Gasteiger partial charge in [0.15, 0.2) is 0 Å². The SMILES string of the molecule is CCCCCCCCCCCCC1([n+]2cc[nH]c2)CCCC(C)C1. The Hall–Kier alpha value is -0.790. The summed E-state index contributed by atoms with van der Waals surface area (Å²) in [6.45, 7) is 4.74. The second-order valence-electron chi connectivity index (χ2n) is 8.38. The van der Waals surface area contributed by atoms with Crippen LogP contribution < -0.4 is 4.57 Å². The summed E-state index contributed by atoms with van der Waals surface area (Å²) in [5.41, 5.74) is 0.401. The van der Waals surface area contributed by atoms with E-state index in [1.54, 1.807) is 0 Å². The zero-order chi connectivity index (χ0) is 17.1. The smallest absolute Gasteiger partial charge is 0.241 e. The molecule has 0 spiro atoms. The normalized spacial score (nSPS) is 24.3. The minimum atomic E-state index is 0.401. The van der Waals surface area contributed by atoms with E-state index in [9.17, 15) is 0 Å². The molecule has 1 N–H and O–H groups in total. The van der Waals surface area contributed by atoms with Gasteiger partial charge in [0.05, 0.1) is 0 Å². The van der Waals surface area contributed by atoms with Crippen molar-refractivity contribution in [1.29, 1.82) is 0 Å². The highest BCUT2D eigenvalue weighted by atomic mass is 15.1. The second-order valence-corrected chi connectivity index (χ2v) is 8.38. The number of nitrogens with zero attached hydrogens (tertiary/aromatic N) is 1. The molecule has 1 aliphatic rings. The van der Waals surface area contributed by atoms with Crippen molar-refractivity contribution in [3.8, 4) is 0 Å². The number of aromatic amines is 1. The molecule has 0 amide bonds. The van der Waals surface area contributed by atoms with Crippen LogP contribution in [0.1, 0.15) is 110 Å². The second kappa shape index (κ2) is 10.9. The number of hydrogen-bond acceptors (Lipinski definition) is 0. The predicted octanol–water partition coefficient (Wildman–Crippen LogP) is 6.52. The Kier molecular flexibility index (Phi) is 8.91. The number of rotatable bonds is 12. The van der Waals surface area contributed by atoms with E-state index in [-0.39, 0.29) is 0 Å². The first-order chi connectivity index (χ1) is 11.8. The lowest BCUT2D eigenvalue weighted by molar-refractivity contribution is -0.769. The van der Waals surface area contributed by atoms with Gasteiger partial charge in [-0.15, -0.1) is 0 Å². The Morgan fingerprint density at radius 3 is 2.25 bits per heavy atom. The van der Waals surface area contributed by atoms with Gasteiger partial charge in [-0.3, -0.25) is 4.98 Å². The zero-order valence-corrected chi connectivity index (χ0v) is 16.4. The summed E-state index contributed by atoms with van der Waals surface area (Å²) in [5.74, 6) is 0.879. The molecule has 1 aliphatic carbocycles.